The molecule has 0 saturated carbocycles. The molecular weight excluding hydrogens is 782 g/mol. The molecule has 2 atom stereocenters. The summed E-state index contributed by atoms with van der Waals surface area (Å²) in [5, 5.41) is 9.29. The first-order valence-corrected chi connectivity index (χ1v) is 19.5. The Morgan fingerprint density at radius 1 is 0.610 bits per heavy atom. The molecule has 59 heavy (non-hydrogen) atoms. The number of esters is 1. The first-order chi connectivity index (χ1) is 28.0. The second kappa shape index (κ2) is 21.8. The van der Waals surface area contributed by atoms with E-state index in [4.69, 9.17) is 23.7 Å². The number of alkyl halides is 6. The van der Waals surface area contributed by atoms with Crippen molar-refractivity contribution < 1.29 is 64.7 Å². The number of hydrogen-bond acceptors (Lipinski definition) is 7. The van der Waals surface area contributed by atoms with Crippen molar-refractivity contribution in [2.75, 3.05) is 26.4 Å². The van der Waals surface area contributed by atoms with E-state index in [0.717, 1.165) is 17.7 Å². The summed E-state index contributed by atoms with van der Waals surface area (Å²) in [5.41, 5.74) is -0.368. The Morgan fingerprint density at radius 3 is 1.39 bits per heavy atom. The molecule has 0 heterocycles. The number of halogens is 6. The summed E-state index contributed by atoms with van der Waals surface area (Å²) in [6.07, 6.45) is -10.6. The van der Waals surface area contributed by atoms with Gasteiger partial charge in [-0.2, -0.15) is 26.3 Å². The van der Waals surface area contributed by atoms with E-state index in [0.29, 0.717) is 30.1 Å². The zero-order valence-electron chi connectivity index (χ0n) is 33.5. The van der Waals surface area contributed by atoms with Crippen LogP contribution in [0.15, 0.2) is 84.9 Å². The van der Waals surface area contributed by atoms with Crippen molar-refractivity contribution in [3.8, 4) is 22.6 Å². The monoisotopic (exact) mass is 832 g/mol. The summed E-state index contributed by atoms with van der Waals surface area (Å²) in [7, 11) is 0. The molecule has 0 aliphatic carbocycles. The van der Waals surface area contributed by atoms with Gasteiger partial charge in [-0.3, -0.25) is 0 Å². The third-order valence-electron chi connectivity index (χ3n) is 9.20. The highest BCUT2D eigenvalue weighted by molar-refractivity contribution is 5.75. The van der Waals surface area contributed by atoms with Crippen LogP contribution in [0.4, 0.5) is 26.3 Å². The fourth-order valence-electron chi connectivity index (χ4n) is 6.39. The first-order valence-electron chi connectivity index (χ1n) is 19.5. The second-order valence-corrected chi connectivity index (χ2v) is 14.1. The Morgan fingerprint density at radius 2 is 1.02 bits per heavy atom. The van der Waals surface area contributed by atoms with E-state index in [9.17, 15) is 41.0 Å². The molecule has 4 aromatic carbocycles. The Balaban J connectivity index is 1.35. The van der Waals surface area contributed by atoms with Gasteiger partial charge < -0.3 is 28.8 Å². The molecule has 0 aliphatic heterocycles. The number of benzene rings is 4. The molecule has 320 valence electrons. The van der Waals surface area contributed by atoms with E-state index in [1.807, 2.05) is 0 Å². The van der Waals surface area contributed by atoms with Crippen LogP contribution >= 0.6 is 0 Å². The number of hydrogen-bond donors (Lipinski definition) is 1. The van der Waals surface area contributed by atoms with E-state index < -0.39 is 47.6 Å². The highest BCUT2D eigenvalue weighted by atomic mass is 19.4. The lowest BCUT2D eigenvalue weighted by molar-refractivity contribution is -0.160. The van der Waals surface area contributed by atoms with E-state index in [1.54, 1.807) is 76.2 Å². The average molecular weight is 833 g/mol. The third kappa shape index (κ3) is 14.6. The Bertz CT molecular complexity index is 1940. The summed E-state index contributed by atoms with van der Waals surface area (Å²) in [6, 6.07) is 20.7. The molecule has 0 aromatic heterocycles. The van der Waals surface area contributed by atoms with Crippen LogP contribution in [-0.4, -0.2) is 61.8 Å². The molecule has 0 aliphatic rings. The minimum atomic E-state index is -4.75. The van der Waals surface area contributed by atoms with Crippen molar-refractivity contribution in [2.45, 2.75) is 96.9 Å². The quantitative estimate of drug-likeness (QED) is 0.0475. The van der Waals surface area contributed by atoms with Gasteiger partial charge in [0.25, 0.3) is 0 Å². The van der Waals surface area contributed by atoms with Gasteiger partial charge in [0, 0.05) is 26.1 Å². The summed E-state index contributed by atoms with van der Waals surface area (Å²) in [5.74, 6) is -0.579. The van der Waals surface area contributed by atoms with E-state index in [1.165, 1.54) is 24.3 Å². The van der Waals surface area contributed by atoms with Crippen molar-refractivity contribution in [1.29, 1.82) is 0 Å². The average Bonchev–Trinajstić information content (AvgIpc) is 3.18. The van der Waals surface area contributed by atoms with E-state index in [-0.39, 0.29) is 80.3 Å². The lowest BCUT2D eigenvalue weighted by Crippen LogP contribution is -2.30. The molecule has 2 unspecified atom stereocenters. The molecule has 0 saturated heterocycles. The fraction of sp³-hybridized carbons (Fsp3) is 0.422. The van der Waals surface area contributed by atoms with Crippen molar-refractivity contribution in [3.63, 3.8) is 0 Å². The standard InChI is InChI=1S/C45H50F6O8/c1-5-55-40(42(52)53)25-30-11-19-36(20-12-30)57-23-7-9-32-15-17-34(27-38(32)44(46,47)48)35-18-16-33(39(28-35)45(49,50)51)10-8-24-58-37-21-13-31(14-22-37)26-41(56-6-2)43(54)59-29(3)4/h11-22,27-29,40-41H,5-10,23-26H2,1-4H3,(H,52,53). The van der Waals surface area contributed by atoms with Crippen molar-refractivity contribution in [1.82, 2.24) is 0 Å². The predicted octanol–water partition coefficient (Wildman–Crippen LogP) is 10.3. The molecule has 4 aromatic rings. The fourth-order valence-corrected chi connectivity index (χ4v) is 6.39. The number of aryl methyl sites for hydroxylation is 2. The molecule has 8 nitrogen and oxygen atoms in total. The van der Waals surface area contributed by atoms with Gasteiger partial charge in [-0.15, -0.1) is 0 Å². The van der Waals surface area contributed by atoms with Crippen LogP contribution in [0.1, 0.15) is 73.9 Å². The van der Waals surface area contributed by atoms with Gasteiger partial charge in [0.15, 0.2) is 12.2 Å². The zero-order chi connectivity index (χ0) is 43.2. The number of carboxylic acid groups (broad SMARTS) is 1. The van der Waals surface area contributed by atoms with Gasteiger partial charge in [0.05, 0.1) is 30.4 Å². The van der Waals surface area contributed by atoms with Gasteiger partial charge in [-0.05, 0) is 123 Å². The van der Waals surface area contributed by atoms with Crippen LogP contribution < -0.4 is 9.47 Å². The van der Waals surface area contributed by atoms with Gasteiger partial charge in [-0.1, -0.05) is 48.5 Å². The molecule has 1 N–H and O–H groups in total. The topological polar surface area (TPSA) is 101 Å². The number of carbonyl (C=O) groups excluding carboxylic acids is 1. The largest absolute Gasteiger partial charge is 0.494 e. The Labute approximate surface area is 340 Å². The molecular formula is C45H50F6O8. The smallest absolute Gasteiger partial charge is 0.416 e. The maximum atomic E-state index is 14.3. The van der Waals surface area contributed by atoms with Crippen molar-refractivity contribution in [2.24, 2.45) is 0 Å². The summed E-state index contributed by atoms with van der Waals surface area (Å²) < 4.78 is 113. The van der Waals surface area contributed by atoms with Crippen LogP contribution in [0.5, 0.6) is 11.5 Å². The second-order valence-electron chi connectivity index (χ2n) is 14.1. The van der Waals surface area contributed by atoms with Crippen LogP contribution in [0.2, 0.25) is 0 Å². The number of aliphatic carboxylic acids is 1. The van der Waals surface area contributed by atoms with Crippen molar-refractivity contribution >= 4 is 11.9 Å². The molecule has 14 heteroatoms. The van der Waals surface area contributed by atoms with Crippen LogP contribution in [-0.2, 0) is 61.8 Å². The van der Waals surface area contributed by atoms with Crippen LogP contribution in [0.3, 0.4) is 0 Å². The number of carbonyl (C=O) groups is 2. The number of rotatable bonds is 22. The van der Waals surface area contributed by atoms with Crippen LogP contribution in [0, 0.1) is 0 Å². The minimum absolute atomic E-state index is 0.000102. The normalized spacial score (nSPS) is 12.9. The Kier molecular flexibility index (Phi) is 17.2. The zero-order valence-corrected chi connectivity index (χ0v) is 33.5. The van der Waals surface area contributed by atoms with Gasteiger partial charge in [0.2, 0.25) is 0 Å². The predicted molar refractivity (Wildman–Crippen MR) is 209 cm³/mol. The number of ether oxygens (including phenoxy) is 5. The minimum Gasteiger partial charge on any atom is -0.494 e. The van der Waals surface area contributed by atoms with E-state index in [2.05, 4.69) is 0 Å². The SMILES string of the molecule is CCOC(Cc1ccc(OCCCc2ccc(-c3ccc(CCCOc4ccc(CC(OCC)C(=O)OC(C)C)cc4)c(C(F)(F)F)c3)cc2C(F)(F)F)cc1)C(=O)O. The Hall–Kier alpha value is -5.08. The molecule has 0 fully saturated rings. The molecule has 0 bridgehead atoms. The van der Waals surface area contributed by atoms with Crippen molar-refractivity contribution in [3.05, 3.63) is 118 Å². The van der Waals surface area contributed by atoms with Gasteiger partial charge >= 0.3 is 24.3 Å². The molecule has 0 amide bonds. The lowest BCUT2D eigenvalue weighted by Gasteiger charge is -2.18. The molecule has 4 rings (SSSR count). The van der Waals surface area contributed by atoms with Crippen LogP contribution in [0.25, 0.3) is 11.1 Å². The summed E-state index contributed by atoms with van der Waals surface area (Å²) >= 11 is 0. The highest BCUT2D eigenvalue weighted by Gasteiger charge is 2.35. The third-order valence-corrected chi connectivity index (χ3v) is 9.20. The van der Waals surface area contributed by atoms with Gasteiger partial charge in [-0.25, -0.2) is 9.59 Å². The summed E-state index contributed by atoms with van der Waals surface area (Å²) in [6.45, 7) is 7.77. The molecule has 0 radical (unpaired) electrons. The van der Waals surface area contributed by atoms with Gasteiger partial charge in [0.1, 0.15) is 11.5 Å². The lowest BCUT2D eigenvalue weighted by atomic mass is 9.93. The maximum absolute atomic E-state index is 14.3. The number of carboxylic acids is 1. The highest BCUT2D eigenvalue weighted by Crippen LogP contribution is 2.39. The first kappa shape index (κ1) is 46.6. The maximum Gasteiger partial charge on any atom is 0.416 e. The molecule has 0 spiro atoms. The van der Waals surface area contributed by atoms with E-state index >= 15 is 0 Å². The summed E-state index contributed by atoms with van der Waals surface area (Å²) in [4.78, 5) is 23.7.